The Morgan fingerprint density at radius 2 is 1.75 bits per heavy atom. The van der Waals surface area contributed by atoms with Crippen LogP contribution in [-0.2, 0) is 0 Å². The molecule has 1 rings (SSSR count). The summed E-state index contributed by atoms with van der Waals surface area (Å²) in [6.45, 7) is 5.95. The highest BCUT2D eigenvalue weighted by molar-refractivity contribution is 6.33. The average molecular weight is 244 g/mol. The lowest BCUT2D eigenvalue weighted by Gasteiger charge is -2.20. The van der Waals surface area contributed by atoms with Gasteiger partial charge in [0, 0.05) is 6.54 Å². The fourth-order valence-corrected chi connectivity index (χ4v) is 2.16. The first-order valence-electron chi connectivity index (χ1n) is 5.22. The molecule has 0 aliphatic heterocycles. The summed E-state index contributed by atoms with van der Waals surface area (Å²) in [6, 6.07) is 0. The Kier molecular flexibility index (Phi) is 4.19. The number of aliphatic hydroxyl groups excluding tert-OH is 1. The number of phenols is 1. The Morgan fingerprint density at radius 1 is 1.19 bits per heavy atom. The van der Waals surface area contributed by atoms with Gasteiger partial charge in [0.2, 0.25) is 0 Å². The number of benzene rings is 1. The number of nitrogens with one attached hydrogen (secondary N) is 1. The van der Waals surface area contributed by atoms with Crippen molar-refractivity contribution < 1.29 is 10.2 Å². The standard InChI is InChI=1S/C12H18ClNO2/c1-6-7(2)12(16)11(13)8(3)10(6)9(15)5-14-4/h9,14-16H,5H2,1-4H3. The lowest BCUT2D eigenvalue weighted by molar-refractivity contribution is 0.176. The minimum Gasteiger partial charge on any atom is -0.506 e. The van der Waals surface area contributed by atoms with Gasteiger partial charge in [0.05, 0.1) is 11.1 Å². The van der Waals surface area contributed by atoms with Gasteiger partial charge in [0.25, 0.3) is 0 Å². The summed E-state index contributed by atoms with van der Waals surface area (Å²) in [4.78, 5) is 0. The van der Waals surface area contributed by atoms with Gasteiger partial charge in [-0.25, -0.2) is 0 Å². The number of halogens is 1. The molecule has 0 saturated carbocycles. The maximum atomic E-state index is 10.0. The summed E-state index contributed by atoms with van der Waals surface area (Å²) in [6.07, 6.45) is -0.609. The molecule has 1 aromatic rings. The Morgan fingerprint density at radius 3 is 2.25 bits per heavy atom. The first-order valence-corrected chi connectivity index (χ1v) is 5.60. The number of likely N-dealkylation sites (N-methyl/N-ethyl adjacent to an activating group) is 1. The molecule has 0 aliphatic rings. The van der Waals surface area contributed by atoms with Crippen LogP contribution >= 0.6 is 11.6 Å². The van der Waals surface area contributed by atoms with E-state index in [1.54, 1.807) is 14.0 Å². The fourth-order valence-electron chi connectivity index (χ4n) is 1.92. The molecule has 90 valence electrons. The van der Waals surface area contributed by atoms with E-state index in [0.717, 1.165) is 22.3 Å². The third kappa shape index (κ3) is 2.17. The van der Waals surface area contributed by atoms with E-state index in [1.165, 1.54) is 0 Å². The van der Waals surface area contributed by atoms with Crippen LogP contribution in [0.2, 0.25) is 5.02 Å². The Bertz CT molecular complexity index is 375. The predicted molar refractivity (Wildman–Crippen MR) is 66.2 cm³/mol. The van der Waals surface area contributed by atoms with Crippen molar-refractivity contribution in [1.82, 2.24) is 5.32 Å². The van der Waals surface area contributed by atoms with Gasteiger partial charge in [-0.05, 0) is 50.1 Å². The Labute approximate surface area is 101 Å². The van der Waals surface area contributed by atoms with E-state index in [1.807, 2.05) is 13.8 Å². The molecule has 1 aromatic carbocycles. The quantitative estimate of drug-likeness (QED) is 0.763. The van der Waals surface area contributed by atoms with E-state index in [2.05, 4.69) is 5.32 Å². The minimum atomic E-state index is -0.609. The summed E-state index contributed by atoms with van der Waals surface area (Å²) in [5.74, 6) is 0.108. The van der Waals surface area contributed by atoms with Crippen molar-refractivity contribution in [2.75, 3.05) is 13.6 Å². The average Bonchev–Trinajstić information content (AvgIpc) is 2.24. The van der Waals surface area contributed by atoms with Crippen LogP contribution < -0.4 is 5.32 Å². The predicted octanol–water partition coefficient (Wildman–Crippen LogP) is 2.22. The highest BCUT2D eigenvalue weighted by Gasteiger charge is 2.20. The van der Waals surface area contributed by atoms with Gasteiger partial charge < -0.3 is 15.5 Å². The molecule has 3 N–H and O–H groups in total. The summed E-state index contributed by atoms with van der Waals surface area (Å²) >= 11 is 6.02. The van der Waals surface area contributed by atoms with Crippen LogP contribution in [0.3, 0.4) is 0 Å². The Hall–Kier alpha value is -0.770. The van der Waals surface area contributed by atoms with Crippen molar-refractivity contribution in [3.05, 3.63) is 27.3 Å². The number of phenolic OH excluding ortho intramolecular Hbond substituents is 1. The molecule has 0 fully saturated rings. The van der Waals surface area contributed by atoms with Crippen LogP contribution in [0, 0.1) is 20.8 Å². The molecule has 4 heteroatoms. The second kappa shape index (κ2) is 5.04. The zero-order valence-electron chi connectivity index (χ0n) is 10.1. The van der Waals surface area contributed by atoms with E-state index in [9.17, 15) is 10.2 Å². The number of aromatic hydroxyl groups is 1. The topological polar surface area (TPSA) is 52.5 Å². The molecule has 0 bridgehead atoms. The summed E-state index contributed by atoms with van der Waals surface area (Å²) in [7, 11) is 1.78. The number of rotatable bonds is 3. The maximum Gasteiger partial charge on any atom is 0.137 e. The lowest BCUT2D eigenvalue weighted by Crippen LogP contribution is -2.19. The molecular weight excluding hydrogens is 226 g/mol. The third-order valence-electron chi connectivity index (χ3n) is 2.99. The first-order chi connectivity index (χ1) is 7.41. The van der Waals surface area contributed by atoms with Gasteiger partial charge >= 0.3 is 0 Å². The molecule has 0 radical (unpaired) electrons. The molecule has 0 amide bonds. The van der Waals surface area contributed by atoms with Gasteiger partial charge in [0.1, 0.15) is 5.75 Å². The monoisotopic (exact) mass is 243 g/mol. The smallest absolute Gasteiger partial charge is 0.137 e. The third-order valence-corrected chi connectivity index (χ3v) is 3.46. The maximum absolute atomic E-state index is 10.0. The molecule has 16 heavy (non-hydrogen) atoms. The van der Waals surface area contributed by atoms with Crippen LogP contribution in [-0.4, -0.2) is 23.8 Å². The van der Waals surface area contributed by atoms with E-state index in [0.29, 0.717) is 11.6 Å². The van der Waals surface area contributed by atoms with Crippen molar-refractivity contribution in [3.8, 4) is 5.75 Å². The van der Waals surface area contributed by atoms with Crippen LogP contribution in [0.5, 0.6) is 5.75 Å². The molecule has 0 aliphatic carbocycles. The highest BCUT2D eigenvalue weighted by atomic mass is 35.5. The van der Waals surface area contributed by atoms with E-state index >= 15 is 0 Å². The molecule has 0 heterocycles. The van der Waals surface area contributed by atoms with Gasteiger partial charge in [-0.2, -0.15) is 0 Å². The summed E-state index contributed by atoms with van der Waals surface area (Å²) < 4.78 is 0. The van der Waals surface area contributed by atoms with Crippen molar-refractivity contribution in [2.45, 2.75) is 26.9 Å². The SMILES string of the molecule is CNCC(O)c1c(C)c(C)c(O)c(Cl)c1C. The molecule has 0 aromatic heterocycles. The van der Waals surface area contributed by atoms with Gasteiger partial charge in [-0.1, -0.05) is 11.6 Å². The summed E-state index contributed by atoms with van der Waals surface area (Å²) in [5, 5.41) is 23.0. The van der Waals surface area contributed by atoms with Crippen molar-refractivity contribution in [3.63, 3.8) is 0 Å². The Balaban J connectivity index is 3.39. The second-order valence-corrected chi connectivity index (χ2v) is 4.40. The van der Waals surface area contributed by atoms with Crippen LogP contribution in [0.25, 0.3) is 0 Å². The van der Waals surface area contributed by atoms with Crippen LogP contribution in [0.1, 0.15) is 28.4 Å². The number of hydrogen-bond acceptors (Lipinski definition) is 3. The number of aliphatic hydroxyl groups is 1. The van der Waals surface area contributed by atoms with Crippen molar-refractivity contribution in [2.24, 2.45) is 0 Å². The molecule has 3 nitrogen and oxygen atoms in total. The van der Waals surface area contributed by atoms with E-state index in [-0.39, 0.29) is 5.75 Å². The van der Waals surface area contributed by atoms with Gasteiger partial charge in [0.15, 0.2) is 0 Å². The van der Waals surface area contributed by atoms with E-state index in [4.69, 9.17) is 11.6 Å². The highest BCUT2D eigenvalue weighted by Crippen LogP contribution is 2.38. The molecule has 0 spiro atoms. The first kappa shape index (κ1) is 13.3. The van der Waals surface area contributed by atoms with Crippen molar-refractivity contribution in [1.29, 1.82) is 0 Å². The van der Waals surface area contributed by atoms with Crippen LogP contribution in [0.4, 0.5) is 0 Å². The largest absolute Gasteiger partial charge is 0.506 e. The van der Waals surface area contributed by atoms with Gasteiger partial charge in [-0.15, -0.1) is 0 Å². The summed E-state index contributed by atoms with van der Waals surface area (Å²) in [5.41, 5.74) is 3.16. The number of hydrogen-bond donors (Lipinski definition) is 3. The lowest BCUT2D eigenvalue weighted by atomic mass is 9.93. The van der Waals surface area contributed by atoms with Crippen molar-refractivity contribution >= 4 is 11.6 Å². The minimum absolute atomic E-state index is 0.108. The van der Waals surface area contributed by atoms with E-state index < -0.39 is 6.10 Å². The fraction of sp³-hybridized carbons (Fsp3) is 0.500. The molecule has 0 saturated heterocycles. The zero-order valence-corrected chi connectivity index (χ0v) is 10.8. The molecule has 1 atom stereocenters. The molecular formula is C12H18ClNO2. The zero-order chi connectivity index (χ0) is 12.5. The molecule has 1 unspecified atom stereocenters. The van der Waals surface area contributed by atoms with Gasteiger partial charge in [-0.3, -0.25) is 0 Å². The second-order valence-electron chi connectivity index (χ2n) is 4.02. The van der Waals surface area contributed by atoms with Crippen LogP contribution in [0.15, 0.2) is 0 Å². The normalized spacial score (nSPS) is 12.9.